The van der Waals surface area contributed by atoms with E-state index in [1.165, 1.54) is 0 Å². The summed E-state index contributed by atoms with van der Waals surface area (Å²) in [6.07, 6.45) is 4.52. The average Bonchev–Trinajstić information content (AvgIpc) is 2.50. The number of halogens is 1. The van der Waals surface area contributed by atoms with Crippen LogP contribution in [0.2, 0.25) is 5.02 Å². The van der Waals surface area contributed by atoms with Crippen LogP contribution in [0.5, 0.6) is 5.75 Å². The minimum absolute atomic E-state index is 0.0425. The lowest BCUT2D eigenvalue weighted by Crippen LogP contribution is -2.23. The van der Waals surface area contributed by atoms with Crippen molar-refractivity contribution in [3.05, 3.63) is 58.9 Å². The summed E-state index contributed by atoms with van der Waals surface area (Å²) in [4.78, 5) is 4.06. The normalized spacial score (nSPS) is 12.1. The molecule has 1 aromatic carbocycles. The van der Waals surface area contributed by atoms with Crippen molar-refractivity contribution >= 4 is 11.6 Å². The molecule has 112 valence electrons. The molecule has 1 N–H and O–H groups in total. The number of nitrogens with one attached hydrogen (secondary N) is 1. The highest BCUT2D eigenvalue weighted by Gasteiger charge is 2.16. The number of aromatic nitrogens is 1. The predicted molar refractivity (Wildman–Crippen MR) is 87.0 cm³/mol. The third-order valence-electron chi connectivity index (χ3n) is 3.22. The molecule has 0 fully saturated rings. The van der Waals surface area contributed by atoms with Crippen molar-refractivity contribution in [2.75, 3.05) is 13.2 Å². The first-order chi connectivity index (χ1) is 10.3. The smallest absolute Gasteiger partial charge is 0.119 e. The third kappa shape index (κ3) is 4.19. The lowest BCUT2D eigenvalue weighted by molar-refractivity contribution is 0.339. The molecule has 1 unspecified atom stereocenters. The Labute approximate surface area is 131 Å². The van der Waals surface area contributed by atoms with Crippen molar-refractivity contribution in [2.45, 2.75) is 26.3 Å². The largest absolute Gasteiger partial charge is 0.494 e. The van der Waals surface area contributed by atoms with Gasteiger partial charge in [-0.2, -0.15) is 0 Å². The Balaban J connectivity index is 2.36. The highest BCUT2D eigenvalue weighted by atomic mass is 35.5. The van der Waals surface area contributed by atoms with Crippen molar-refractivity contribution in [1.82, 2.24) is 10.3 Å². The van der Waals surface area contributed by atoms with Crippen LogP contribution >= 0.6 is 11.6 Å². The minimum atomic E-state index is 0.0425. The third-order valence-corrected chi connectivity index (χ3v) is 3.53. The lowest BCUT2D eigenvalue weighted by atomic mass is 9.99. The molecule has 1 aromatic heterocycles. The Morgan fingerprint density at radius 2 is 2.14 bits per heavy atom. The van der Waals surface area contributed by atoms with E-state index >= 15 is 0 Å². The van der Waals surface area contributed by atoms with Gasteiger partial charge in [-0.3, -0.25) is 4.98 Å². The zero-order valence-electron chi connectivity index (χ0n) is 12.5. The van der Waals surface area contributed by atoms with Crippen LogP contribution in [0.1, 0.15) is 37.4 Å². The number of benzene rings is 1. The summed E-state index contributed by atoms with van der Waals surface area (Å²) in [5, 5.41) is 4.22. The van der Waals surface area contributed by atoms with Gasteiger partial charge in [0.1, 0.15) is 5.75 Å². The fourth-order valence-electron chi connectivity index (χ4n) is 2.27. The molecule has 0 amide bonds. The van der Waals surface area contributed by atoms with Crippen molar-refractivity contribution in [1.29, 1.82) is 0 Å². The zero-order valence-corrected chi connectivity index (χ0v) is 13.2. The summed E-state index contributed by atoms with van der Waals surface area (Å²) < 4.78 is 5.59. The lowest BCUT2D eigenvalue weighted by Gasteiger charge is -2.21. The van der Waals surface area contributed by atoms with Crippen molar-refractivity contribution in [3.63, 3.8) is 0 Å². The number of rotatable bonds is 7. The molecule has 2 aromatic rings. The van der Waals surface area contributed by atoms with E-state index < -0.39 is 0 Å². The van der Waals surface area contributed by atoms with Crippen molar-refractivity contribution < 1.29 is 4.74 Å². The Morgan fingerprint density at radius 3 is 2.86 bits per heavy atom. The molecule has 0 saturated carbocycles. The SMILES string of the molecule is CCCNC(c1cccc(OCC)c1)c1ccncc1Cl. The summed E-state index contributed by atoms with van der Waals surface area (Å²) >= 11 is 6.32. The Morgan fingerprint density at radius 1 is 1.29 bits per heavy atom. The summed E-state index contributed by atoms with van der Waals surface area (Å²) in [7, 11) is 0. The van der Waals surface area contributed by atoms with E-state index in [1.807, 2.05) is 25.1 Å². The molecular formula is C17H21ClN2O. The van der Waals surface area contributed by atoms with Crippen LogP contribution in [-0.2, 0) is 0 Å². The number of hydrogen-bond donors (Lipinski definition) is 1. The molecule has 3 nitrogen and oxygen atoms in total. The summed E-state index contributed by atoms with van der Waals surface area (Å²) in [5.74, 6) is 0.878. The highest BCUT2D eigenvalue weighted by Crippen LogP contribution is 2.29. The van der Waals surface area contributed by atoms with Gasteiger partial charge in [0.15, 0.2) is 0 Å². The van der Waals surface area contributed by atoms with Gasteiger partial charge in [-0.1, -0.05) is 30.7 Å². The van der Waals surface area contributed by atoms with Gasteiger partial charge in [0.25, 0.3) is 0 Å². The van der Waals surface area contributed by atoms with E-state index in [-0.39, 0.29) is 6.04 Å². The van der Waals surface area contributed by atoms with Crippen LogP contribution in [-0.4, -0.2) is 18.1 Å². The second kappa shape index (κ2) is 8.01. The molecule has 0 aliphatic carbocycles. The van der Waals surface area contributed by atoms with E-state index in [0.29, 0.717) is 11.6 Å². The monoisotopic (exact) mass is 304 g/mol. The van der Waals surface area contributed by atoms with Crippen LogP contribution in [0, 0.1) is 0 Å². The van der Waals surface area contributed by atoms with Gasteiger partial charge < -0.3 is 10.1 Å². The molecule has 4 heteroatoms. The minimum Gasteiger partial charge on any atom is -0.494 e. The first kappa shape index (κ1) is 15.8. The Kier molecular flexibility index (Phi) is 6.03. The van der Waals surface area contributed by atoms with Gasteiger partial charge >= 0.3 is 0 Å². The summed E-state index contributed by atoms with van der Waals surface area (Å²) in [6, 6.07) is 10.1. The maximum Gasteiger partial charge on any atom is 0.119 e. The molecule has 0 saturated heterocycles. The maximum atomic E-state index is 6.32. The second-order valence-corrected chi connectivity index (χ2v) is 5.20. The van der Waals surface area contributed by atoms with E-state index in [0.717, 1.165) is 29.8 Å². The topological polar surface area (TPSA) is 34.1 Å². The molecule has 1 atom stereocenters. The molecule has 2 rings (SSSR count). The predicted octanol–water partition coefficient (Wildman–Crippen LogP) is 4.22. The number of hydrogen-bond acceptors (Lipinski definition) is 3. The first-order valence-electron chi connectivity index (χ1n) is 7.31. The Hall–Kier alpha value is -1.58. The molecule has 21 heavy (non-hydrogen) atoms. The van der Waals surface area contributed by atoms with Crippen LogP contribution in [0.25, 0.3) is 0 Å². The van der Waals surface area contributed by atoms with Gasteiger partial charge in [0.05, 0.1) is 17.7 Å². The van der Waals surface area contributed by atoms with Gasteiger partial charge in [-0.05, 0) is 49.2 Å². The quantitative estimate of drug-likeness (QED) is 0.831. The van der Waals surface area contributed by atoms with Crippen LogP contribution in [0.15, 0.2) is 42.7 Å². The molecule has 0 aliphatic heterocycles. The zero-order chi connectivity index (χ0) is 15.1. The average molecular weight is 305 g/mol. The van der Waals surface area contributed by atoms with Gasteiger partial charge in [-0.15, -0.1) is 0 Å². The fourth-order valence-corrected chi connectivity index (χ4v) is 2.50. The van der Waals surface area contributed by atoms with Crippen molar-refractivity contribution in [2.24, 2.45) is 0 Å². The highest BCUT2D eigenvalue weighted by molar-refractivity contribution is 6.31. The number of nitrogens with zero attached hydrogens (tertiary/aromatic N) is 1. The van der Waals surface area contributed by atoms with E-state index in [1.54, 1.807) is 12.4 Å². The van der Waals surface area contributed by atoms with E-state index in [2.05, 4.69) is 29.4 Å². The summed E-state index contributed by atoms with van der Waals surface area (Å²) in [5.41, 5.74) is 2.18. The molecule has 0 spiro atoms. The van der Waals surface area contributed by atoms with Crippen LogP contribution < -0.4 is 10.1 Å². The number of pyridine rings is 1. The molecule has 0 bridgehead atoms. The van der Waals surface area contributed by atoms with E-state index in [9.17, 15) is 0 Å². The van der Waals surface area contributed by atoms with Crippen LogP contribution in [0.3, 0.4) is 0 Å². The number of ether oxygens (including phenoxy) is 1. The fraction of sp³-hybridized carbons (Fsp3) is 0.353. The maximum absolute atomic E-state index is 6.32. The Bertz CT molecular complexity index is 574. The summed E-state index contributed by atoms with van der Waals surface area (Å²) in [6.45, 7) is 5.71. The molecule has 0 radical (unpaired) electrons. The molecule has 0 aliphatic rings. The standard InChI is InChI=1S/C17H21ClN2O/c1-3-9-20-17(15-8-10-19-12-16(15)18)13-6-5-7-14(11-13)21-4-2/h5-8,10-12,17,20H,3-4,9H2,1-2H3. The second-order valence-electron chi connectivity index (χ2n) is 4.79. The molecule has 1 heterocycles. The van der Waals surface area contributed by atoms with Crippen LogP contribution in [0.4, 0.5) is 0 Å². The molecular weight excluding hydrogens is 284 g/mol. The van der Waals surface area contributed by atoms with E-state index in [4.69, 9.17) is 16.3 Å². The van der Waals surface area contributed by atoms with Crippen molar-refractivity contribution in [3.8, 4) is 5.75 Å². The first-order valence-corrected chi connectivity index (χ1v) is 7.69. The van der Waals surface area contributed by atoms with Gasteiger partial charge in [0, 0.05) is 12.4 Å². The van der Waals surface area contributed by atoms with Gasteiger partial charge in [0.2, 0.25) is 0 Å². The van der Waals surface area contributed by atoms with Gasteiger partial charge in [-0.25, -0.2) is 0 Å².